The molecule has 1 aromatic rings. The highest BCUT2D eigenvalue weighted by atomic mass is 32.2. The minimum atomic E-state index is -3.72. The van der Waals surface area contributed by atoms with Gasteiger partial charge in [0.05, 0.1) is 0 Å². The lowest BCUT2D eigenvalue weighted by Gasteiger charge is -2.31. The molecule has 0 aliphatic heterocycles. The van der Waals surface area contributed by atoms with E-state index >= 15 is 0 Å². The summed E-state index contributed by atoms with van der Waals surface area (Å²) in [4.78, 5) is -1.46. The topological polar surface area (TPSA) is 55.4 Å². The van der Waals surface area contributed by atoms with E-state index in [2.05, 4.69) is 10.6 Å². The molecule has 0 amide bonds. The number of nitrogens with one attached hydrogen (secondary N) is 1. The number of allylic oxidation sites excluding steroid dienone is 2. The van der Waals surface area contributed by atoms with E-state index in [0.29, 0.717) is 12.5 Å². The van der Waals surface area contributed by atoms with Crippen LogP contribution in [0.2, 0.25) is 0 Å². The van der Waals surface area contributed by atoms with E-state index in [1.165, 1.54) is 0 Å². The summed E-state index contributed by atoms with van der Waals surface area (Å²) in [5.41, 5.74) is 2.01. The molecular weight excluding hydrogens is 334 g/mol. The van der Waals surface area contributed by atoms with Gasteiger partial charge in [0, 0.05) is 13.0 Å². The molecule has 1 aliphatic rings. The molecule has 1 N–H and O–H groups in total. The summed E-state index contributed by atoms with van der Waals surface area (Å²) in [6.07, 6.45) is 11.5. The molecule has 0 aromatic heterocycles. The maximum Gasteiger partial charge on any atom is 0.245 e. The predicted octanol–water partition coefficient (Wildman–Crippen LogP) is 3.34. The predicted molar refractivity (Wildman–Crippen MR) is 102 cm³/mol. The molecule has 5 heteroatoms. The standard InChI is InChI=1S/C20H25NO3S/c1-4-16-24-20(25(22,23)21-15-12-17(2)3)13-10-19(11-14-20)18-8-6-5-7-9-18/h1,5-11,13,17,21H,12,14-16H2,2-3H3. The van der Waals surface area contributed by atoms with Crippen LogP contribution >= 0.6 is 0 Å². The Morgan fingerprint density at radius 3 is 2.60 bits per heavy atom. The fourth-order valence-corrected chi connectivity index (χ4v) is 4.00. The molecule has 2 rings (SSSR count). The second-order valence-corrected chi connectivity index (χ2v) is 8.43. The third-order valence-corrected chi connectivity index (χ3v) is 6.01. The van der Waals surface area contributed by atoms with E-state index in [4.69, 9.17) is 11.2 Å². The molecule has 0 radical (unpaired) electrons. The smallest absolute Gasteiger partial charge is 0.245 e. The van der Waals surface area contributed by atoms with Gasteiger partial charge in [-0.2, -0.15) is 0 Å². The first-order chi connectivity index (χ1) is 11.9. The van der Waals surface area contributed by atoms with Crippen LogP contribution in [0.3, 0.4) is 0 Å². The summed E-state index contributed by atoms with van der Waals surface area (Å²) >= 11 is 0. The van der Waals surface area contributed by atoms with Crippen molar-refractivity contribution >= 4 is 15.6 Å². The summed E-state index contributed by atoms with van der Waals surface area (Å²) in [7, 11) is -3.72. The largest absolute Gasteiger partial charge is 0.341 e. The maximum absolute atomic E-state index is 12.9. The Labute approximate surface area is 151 Å². The Morgan fingerprint density at radius 1 is 1.32 bits per heavy atom. The Hall–Kier alpha value is -1.87. The Balaban J connectivity index is 2.22. The zero-order valence-electron chi connectivity index (χ0n) is 14.7. The van der Waals surface area contributed by atoms with Gasteiger partial charge in [0.2, 0.25) is 15.0 Å². The average Bonchev–Trinajstić information content (AvgIpc) is 2.60. The number of rotatable bonds is 8. The zero-order chi connectivity index (χ0) is 18.3. The first kappa shape index (κ1) is 19.5. The molecule has 25 heavy (non-hydrogen) atoms. The quantitative estimate of drug-likeness (QED) is 0.724. The van der Waals surface area contributed by atoms with E-state index in [1.54, 1.807) is 12.2 Å². The van der Waals surface area contributed by atoms with Crippen molar-refractivity contribution in [2.24, 2.45) is 5.92 Å². The lowest BCUT2D eigenvalue weighted by atomic mass is 9.98. The number of benzene rings is 1. The number of terminal acetylenes is 1. The van der Waals surface area contributed by atoms with Crippen molar-refractivity contribution in [1.82, 2.24) is 4.72 Å². The van der Waals surface area contributed by atoms with Crippen molar-refractivity contribution in [1.29, 1.82) is 0 Å². The molecule has 1 aliphatic carbocycles. The second kappa shape index (κ2) is 8.48. The molecule has 0 fully saturated rings. The van der Waals surface area contributed by atoms with Crippen LogP contribution in [0.1, 0.15) is 32.3 Å². The molecule has 0 saturated heterocycles. The minimum absolute atomic E-state index is 0.0655. The van der Waals surface area contributed by atoms with Crippen LogP contribution in [-0.4, -0.2) is 26.5 Å². The highest BCUT2D eigenvalue weighted by Gasteiger charge is 2.43. The summed E-state index contributed by atoms with van der Waals surface area (Å²) in [6, 6.07) is 9.82. The van der Waals surface area contributed by atoms with Crippen LogP contribution in [0.15, 0.2) is 48.6 Å². The third kappa shape index (κ3) is 4.82. The van der Waals surface area contributed by atoms with Gasteiger partial charge in [-0.15, -0.1) is 6.42 Å². The highest BCUT2D eigenvalue weighted by Crippen LogP contribution is 2.33. The van der Waals surface area contributed by atoms with Crippen molar-refractivity contribution in [2.75, 3.05) is 13.2 Å². The molecule has 0 spiro atoms. The number of hydrogen-bond acceptors (Lipinski definition) is 3. The lowest BCUT2D eigenvalue weighted by Crippen LogP contribution is -2.48. The molecular formula is C20H25NO3S. The van der Waals surface area contributed by atoms with Gasteiger partial charge in [-0.3, -0.25) is 0 Å². The van der Waals surface area contributed by atoms with Crippen molar-refractivity contribution in [2.45, 2.75) is 31.6 Å². The average molecular weight is 359 g/mol. The Kier molecular flexibility index (Phi) is 6.60. The van der Waals surface area contributed by atoms with E-state index in [1.807, 2.05) is 50.3 Å². The summed E-state index contributed by atoms with van der Waals surface area (Å²) in [5.74, 6) is 2.77. The normalized spacial score (nSPS) is 20.3. The Morgan fingerprint density at radius 2 is 2.04 bits per heavy atom. The Bertz CT molecular complexity index is 773. The summed E-state index contributed by atoms with van der Waals surface area (Å²) < 4.78 is 34.0. The number of sulfonamides is 1. The second-order valence-electron chi connectivity index (χ2n) is 6.45. The third-order valence-electron chi connectivity index (χ3n) is 4.10. The van der Waals surface area contributed by atoms with Crippen LogP contribution in [0.5, 0.6) is 0 Å². The summed E-state index contributed by atoms with van der Waals surface area (Å²) in [5, 5.41) is 0. The van der Waals surface area contributed by atoms with Gasteiger partial charge in [0.15, 0.2) is 0 Å². The number of ether oxygens (including phenoxy) is 1. The van der Waals surface area contributed by atoms with Crippen molar-refractivity contribution < 1.29 is 13.2 Å². The van der Waals surface area contributed by atoms with Gasteiger partial charge < -0.3 is 4.74 Å². The molecule has 1 atom stereocenters. The molecule has 1 unspecified atom stereocenters. The van der Waals surface area contributed by atoms with Gasteiger partial charge in [-0.1, -0.05) is 62.3 Å². The van der Waals surface area contributed by atoms with Gasteiger partial charge >= 0.3 is 0 Å². The maximum atomic E-state index is 12.9. The van der Waals surface area contributed by atoms with E-state index in [-0.39, 0.29) is 13.0 Å². The van der Waals surface area contributed by atoms with Gasteiger partial charge in [0.25, 0.3) is 0 Å². The fraction of sp³-hybridized carbons (Fsp3) is 0.400. The van der Waals surface area contributed by atoms with Crippen molar-refractivity contribution in [3.63, 3.8) is 0 Å². The van der Waals surface area contributed by atoms with Crippen LogP contribution in [0, 0.1) is 18.3 Å². The lowest BCUT2D eigenvalue weighted by molar-refractivity contribution is 0.0770. The zero-order valence-corrected chi connectivity index (χ0v) is 15.6. The molecule has 4 nitrogen and oxygen atoms in total. The number of hydrogen-bond donors (Lipinski definition) is 1. The SMILES string of the molecule is C#CCOC1(S(=O)(=O)NCCC(C)C)C=CC(c2ccccc2)=CC1. The van der Waals surface area contributed by atoms with E-state index < -0.39 is 15.0 Å². The fourth-order valence-electron chi connectivity index (χ4n) is 2.60. The highest BCUT2D eigenvalue weighted by molar-refractivity contribution is 7.90. The van der Waals surface area contributed by atoms with Gasteiger partial charge in [-0.05, 0) is 29.6 Å². The molecule has 0 heterocycles. The molecule has 0 saturated carbocycles. The van der Waals surface area contributed by atoms with Crippen LogP contribution < -0.4 is 4.72 Å². The monoisotopic (exact) mass is 359 g/mol. The van der Waals surface area contributed by atoms with E-state index in [0.717, 1.165) is 17.6 Å². The molecule has 134 valence electrons. The first-order valence-electron chi connectivity index (χ1n) is 8.41. The molecule has 1 aromatic carbocycles. The van der Waals surface area contributed by atoms with Crippen LogP contribution in [0.4, 0.5) is 0 Å². The minimum Gasteiger partial charge on any atom is -0.341 e. The van der Waals surface area contributed by atoms with Gasteiger partial charge in [0.1, 0.15) is 6.61 Å². The van der Waals surface area contributed by atoms with Crippen LogP contribution in [0.25, 0.3) is 5.57 Å². The van der Waals surface area contributed by atoms with Crippen LogP contribution in [-0.2, 0) is 14.8 Å². The first-order valence-corrected chi connectivity index (χ1v) is 9.90. The molecule has 0 bridgehead atoms. The van der Waals surface area contributed by atoms with E-state index in [9.17, 15) is 8.42 Å². The van der Waals surface area contributed by atoms with Gasteiger partial charge in [-0.25, -0.2) is 13.1 Å². The van der Waals surface area contributed by atoms with Crippen molar-refractivity contribution in [3.8, 4) is 12.3 Å². The van der Waals surface area contributed by atoms with Crippen molar-refractivity contribution in [3.05, 3.63) is 54.1 Å². The summed E-state index contributed by atoms with van der Waals surface area (Å²) in [6.45, 7) is 4.41.